The van der Waals surface area contributed by atoms with Crippen LogP contribution in [0.1, 0.15) is 33.8 Å². The van der Waals surface area contributed by atoms with Crippen molar-refractivity contribution in [2.45, 2.75) is 19.2 Å². The van der Waals surface area contributed by atoms with E-state index in [1.165, 1.54) is 25.1 Å². The quantitative estimate of drug-likeness (QED) is 0.433. The molecule has 0 spiro atoms. The molecule has 10 heteroatoms. The lowest BCUT2D eigenvalue weighted by Crippen LogP contribution is -2.14. The Bertz CT molecular complexity index is 803. The number of alkyl halides is 3. The molecule has 1 heterocycles. The Morgan fingerprint density at radius 2 is 1.96 bits per heavy atom. The van der Waals surface area contributed by atoms with Crippen molar-refractivity contribution in [2.24, 2.45) is 0 Å². The maximum absolute atomic E-state index is 13.1. The lowest BCUT2D eigenvalue weighted by atomic mass is 10.0. The largest absolute Gasteiger partial charge is 0.484 e. The van der Waals surface area contributed by atoms with E-state index in [4.69, 9.17) is 4.74 Å². The first-order valence-corrected chi connectivity index (χ1v) is 7.66. The number of hydrogen-bond donors (Lipinski definition) is 0. The van der Waals surface area contributed by atoms with Crippen molar-refractivity contribution in [2.75, 3.05) is 7.11 Å². The van der Waals surface area contributed by atoms with Crippen molar-refractivity contribution in [3.8, 4) is 5.75 Å². The zero-order valence-electron chi connectivity index (χ0n) is 13.0. The maximum atomic E-state index is 13.1. The van der Waals surface area contributed by atoms with Crippen molar-refractivity contribution < 1.29 is 32.4 Å². The van der Waals surface area contributed by atoms with E-state index in [2.05, 4.69) is 4.74 Å². The zero-order chi connectivity index (χ0) is 18.8. The van der Waals surface area contributed by atoms with Crippen LogP contribution in [0.3, 0.4) is 0 Å². The lowest BCUT2D eigenvalue weighted by molar-refractivity contribution is -0.380. The number of thiophene rings is 1. The van der Waals surface area contributed by atoms with Crippen LogP contribution in [0.5, 0.6) is 5.75 Å². The van der Waals surface area contributed by atoms with Crippen molar-refractivity contribution in [3.63, 3.8) is 0 Å². The molecule has 0 unspecified atom stereocenters. The van der Waals surface area contributed by atoms with Crippen LogP contribution in [0.2, 0.25) is 0 Å². The van der Waals surface area contributed by atoms with E-state index in [0.29, 0.717) is 11.3 Å². The molecule has 0 radical (unpaired) electrons. The van der Waals surface area contributed by atoms with Crippen LogP contribution in [-0.4, -0.2) is 18.0 Å². The number of ether oxygens (including phenoxy) is 2. The average molecular weight is 375 g/mol. The second-order valence-corrected chi connectivity index (χ2v) is 5.90. The molecule has 1 aromatic heterocycles. The lowest BCUT2D eigenvalue weighted by Gasteiger charge is -2.19. The Morgan fingerprint density at radius 1 is 1.32 bits per heavy atom. The smallest absolute Gasteiger partial charge is 0.416 e. The summed E-state index contributed by atoms with van der Waals surface area (Å²) < 4.78 is 49.3. The molecule has 6 nitrogen and oxygen atoms in total. The molecule has 0 fully saturated rings. The Morgan fingerprint density at radius 3 is 2.52 bits per heavy atom. The van der Waals surface area contributed by atoms with Gasteiger partial charge >= 0.3 is 17.1 Å². The Labute approximate surface area is 143 Å². The summed E-state index contributed by atoms with van der Waals surface area (Å²) in [6.07, 6.45) is -5.68. The molecule has 0 aliphatic heterocycles. The second kappa shape index (κ2) is 7.09. The van der Waals surface area contributed by atoms with Crippen LogP contribution in [0.4, 0.5) is 18.2 Å². The number of nitro groups is 1. The van der Waals surface area contributed by atoms with Gasteiger partial charge in [-0.05, 0) is 13.0 Å². The minimum Gasteiger partial charge on any atom is -0.484 e. The van der Waals surface area contributed by atoms with Gasteiger partial charge in [0.05, 0.1) is 23.7 Å². The van der Waals surface area contributed by atoms with Crippen molar-refractivity contribution in [1.82, 2.24) is 0 Å². The fourth-order valence-electron chi connectivity index (χ4n) is 2.14. The highest BCUT2D eigenvalue weighted by molar-refractivity contribution is 7.17. The highest BCUT2D eigenvalue weighted by Gasteiger charge is 2.35. The average Bonchev–Trinajstić information content (AvgIpc) is 2.97. The molecule has 0 aliphatic rings. The van der Waals surface area contributed by atoms with E-state index in [1.54, 1.807) is 0 Å². The van der Waals surface area contributed by atoms with Crippen molar-refractivity contribution in [1.29, 1.82) is 0 Å². The van der Waals surface area contributed by atoms with Gasteiger partial charge < -0.3 is 9.47 Å². The number of rotatable bonds is 5. The SMILES string of the molecule is COC(=O)c1sc([N+](=O)[O-])cc1O[C@H](C)c1ccccc1C(F)(F)F. The van der Waals surface area contributed by atoms with Gasteiger partial charge in [0.2, 0.25) is 0 Å². The van der Waals surface area contributed by atoms with Gasteiger partial charge in [0.1, 0.15) is 6.10 Å². The van der Waals surface area contributed by atoms with Crippen LogP contribution in [0.25, 0.3) is 0 Å². The molecule has 0 aliphatic carbocycles. The highest BCUT2D eigenvalue weighted by atomic mass is 32.1. The summed E-state index contributed by atoms with van der Waals surface area (Å²) in [5.41, 5.74) is -1.04. The Balaban J connectivity index is 2.40. The number of hydrogen-bond acceptors (Lipinski definition) is 6. The predicted octanol–water partition coefficient (Wildman–Crippen LogP) is 4.60. The predicted molar refractivity (Wildman–Crippen MR) is 82.8 cm³/mol. The van der Waals surface area contributed by atoms with Crippen LogP contribution in [0, 0.1) is 10.1 Å². The standard InChI is InChI=1S/C15H12F3NO5S/c1-8(9-5-3-4-6-10(9)15(16,17)18)24-11-7-12(19(21)22)25-13(11)14(20)23-2/h3-8H,1-2H3/t8-/m1/s1. The molecule has 0 bridgehead atoms. The van der Waals surface area contributed by atoms with E-state index in [1.807, 2.05) is 0 Å². The number of nitrogens with zero attached hydrogens (tertiary/aromatic N) is 1. The van der Waals surface area contributed by atoms with Gasteiger partial charge in [0, 0.05) is 5.56 Å². The van der Waals surface area contributed by atoms with Crippen LogP contribution in [-0.2, 0) is 10.9 Å². The number of carbonyl (C=O) groups is 1. The summed E-state index contributed by atoms with van der Waals surface area (Å²) in [5, 5.41) is 10.5. The number of esters is 1. The normalized spacial score (nSPS) is 12.5. The maximum Gasteiger partial charge on any atom is 0.416 e. The molecule has 2 rings (SSSR count). The minimum absolute atomic E-state index is 0.153. The van der Waals surface area contributed by atoms with Crippen LogP contribution in [0.15, 0.2) is 30.3 Å². The highest BCUT2D eigenvalue weighted by Crippen LogP contribution is 2.40. The fraction of sp³-hybridized carbons (Fsp3) is 0.267. The van der Waals surface area contributed by atoms with Gasteiger partial charge in [-0.1, -0.05) is 29.5 Å². The molecule has 1 aromatic carbocycles. The van der Waals surface area contributed by atoms with Crippen molar-refractivity contribution >= 4 is 22.3 Å². The van der Waals surface area contributed by atoms with E-state index in [-0.39, 0.29) is 21.2 Å². The second-order valence-electron chi connectivity index (χ2n) is 4.87. The van der Waals surface area contributed by atoms with Crippen LogP contribution >= 0.6 is 11.3 Å². The fourth-order valence-corrected chi connectivity index (χ4v) is 2.96. The summed E-state index contributed by atoms with van der Waals surface area (Å²) in [6.45, 7) is 1.36. The molecule has 0 saturated carbocycles. The summed E-state index contributed by atoms with van der Waals surface area (Å²) in [7, 11) is 1.08. The van der Waals surface area contributed by atoms with Gasteiger partial charge in [0.25, 0.3) is 0 Å². The third-order valence-electron chi connectivity index (χ3n) is 3.24. The van der Waals surface area contributed by atoms with Crippen LogP contribution < -0.4 is 4.74 Å². The van der Waals surface area contributed by atoms with Gasteiger partial charge in [-0.3, -0.25) is 10.1 Å². The number of benzene rings is 1. The number of halogens is 3. The molecule has 25 heavy (non-hydrogen) atoms. The Hall–Kier alpha value is -2.62. The molecule has 1 atom stereocenters. The summed E-state index contributed by atoms with van der Waals surface area (Å²) in [6, 6.07) is 5.80. The van der Waals surface area contributed by atoms with Gasteiger partial charge in [-0.15, -0.1) is 0 Å². The topological polar surface area (TPSA) is 78.7 Å². The van der Waals surface area contributed by atoms with Gasteiger partial charge in [-0.2, -0.15) is 13.2 Å². The van der Waals surface area contributed by atoms with E-state index in [0.717, 1.165) is 19.2 Å². The summed E-state index contributed by atoms with van der Waals surface area (Å²) in [5.74, 6) is -1.07. The number of carbonyl (C=O) groups excluding carboxylic acids is 1. The molecule has 0 amide bonds. The van der Waals surface area contributed by atoms with Gasteiger partial charge in [-0.25, -0.2) is 4.79 Å². The Kier molecular flexibility index (Phi) is 5.31. The monoisotopic (exact) mass is 375 g/mol. The minimum atomic E-state index is -4.58. The summed E-state index contributed by atoms with van der Waals surface area (Å²) >= 11 is 0.526. The van der Waals surface area contributed by atoms with Crippen molar-refractivity contribution in [3.05, 3.63) is 56.5 Å². The third-order valence-corrected chi connectivity index (χ3v) is 4.29. The molecule has 2 aromatic rings. The molecule has 134 valence electrons. The summed E-state index contributed by atoms with van der Waals surface area (Å²) in [4.78, 5) is 21.7. The molecular formula is C15H12F3NO5S. The first-order chi connectivity index (χ1) is 11.6. The van der Waals surface area contributed by atoms with E-state index in [9.17, 15) is 28.1 Å². The molecule has 0 saturated heterocycles. The van der Waals surface area contributed by atoms with Gasteiger partial charge in [0.15, 0.2) is 10.6 Å². The zero-order valence-corrected chi connectivity index (χ0v) is 13.8. The molecule has 0 N–H and O–H groups in total. The van der Waals surface area contributed by atoms with E-state index < -0.39 is 28.7 Å². The molecular weight excluding hydrogens is 363 g/mol. The first kappa shape index (κ1) is 18.7. The van der Waals surface area contributed by atoms with E-state index >= 15 is 0 Å². The third kappa shape index (κ3) is 4.08. The first-order valence-electron chi connectivity index (χ1n) is 6.84. The number of methoxy groups -OCH3 is 1.